The molecule has 1 spiro atoms. The van der Waals surface area contributed by atoms with Gasteiger partial charge in [0.25, 0.3) is 0 Å². The molecule has 0 unspecified atom stereocenters. The Morgan fingerprint density at radius 1 is 1.29 bits per heavy atom. The van der Waals surface area contributed by atoms with E-state index in [1.54, 1.807) is 0 Å². The summed E-state index contributed by atoms with van der Waals surface area (Å²) in [6.45, 7) is 7.34. The van der Waals surface area contributed by atoms with Crippen LogP contribution in [-0.4, -0.2) is 49.5 Å². The number of fused-ring (bicyclic) bond motifs is 1. The maximum atomic E-state index is 14.3. The number of carbonyl (C=O) groups is 2. The zero-order valence-corrected chi connectivity index (χ0v) is 17.0. The van der Waals surface area contributed by atoms with Crippen LogP contribution in [-0.2, 0) is 19.1 Å². The Kier molecular flexibility index (Phi) is 3.26. The van der Waals surface area contributed by atoms with Crippen LogP contribution in [0.25, 0.3) is 0 Å². The molecule has 3 aliphatic carbocycles. The van der Waals surface area contributed by atoms with Gasteiger partial charge in [0.1, 0.15) is 11.5 Å². The molecule has 28 heavy (non-hydrogen) atoms. The second-order valence-corrected chi connectivity index (χ2v) is 10.1. The van der Waals surface area contributed by atoms with E-state index in [9.17, 15) is 9.59 Å². The van der Waals surface area contributed by atoms with Gasteiger partial charge in [-0.1, -0.05) is 13.8 Å². The summed E-state index contributed by atoms with van der Waals surface area (Å²) in [7, 11) is 1.46. The van der Waals surface area contributed by atoms with Crippen LogP contribution in [0.5, 0.6) is 0 Å². The number of rotatable bonds is 1. The maximum absolute atomic E-state index is 14.3. The standard InChI is InChI=1S/C23H29NO4/c1-12-10-24-11-13-4-5-17-19-14(6-7-28-17)16(21(26)27-3)9-23(19)20(25)15(12)8-18(24)22(13,23)2/h12-13,15,18H,4-11H2,1-3H3/t12-,13-,15-,18-,22-,23-/m1/s1. The average Bonchev–Trinajstić information content (AvgIpc) is 3.16. The number of Topliss-reactive ketones (excluding diaryl/α,β-unsaturated/α-hetero) is 1. The van der Waals surface area contributed by atoms with Gasteiger partial charge in [-0.15, -0.1) is 0 Å². The molecule has 0 aromatic carbocycles. The number of methoxy groups -OCH3 is 1. The van der Waals surface area contributed by atoms with Crippen molar-refractivity contribution >= 4 is 11.8 Å². The van der Waals surface area contributed by atoms with Gasteiger partial charge in [0.2, 0.25) is 0 Å². The number of hydrogen-bond acceptors (Lipinski definition) is 5. The molecule has 3 heterocycles. The third-order valence-corrected chi connectivity index (χ3v) is 9.39. The number of allylic oxidation sites excluding steroid dienone is 2. The first-order chi connectivity index (χ1) is 13.4. The van der Waals surface area contributed by atoms with Gasteiger partial charge in [-0.2, -0.15) is 0 Å². The van der Waals surface area contributed by atoms with Gasteiger partial charge in [0.15, 0.2) is 0 Å². The summed E-state index contributed by atoms with van der Waals surface area (Å²) >= 11 is 0. The number of hydrogen-bond donors (Lipinski definition) is 0. The molecule has 0 radical (unpaired) electrons. The number of ether oxygens (including phenoxy) is 2. The Morgan fingerprint density at radius 2 is 2.11 bits per heavy atom. The smallest absolute Gasteiger partial charge is 0.334 e. The largest absolute Gasteiger partial charge is 0.497 e. The Hall–Kier alpha value is -1.62. The average molecular weight is 383 g/mol. The Bertz CT molecular complexity index is 872. The molecule has 0 amide bonds. The summed E-state index contributed by atoms with van der Waals surface area (Å²) in [6.07, 6.45) is 4.20. The second kappa shape index (κ2) is 5.29. The molecule has 5 heteroatoms. The van der Waals surface area contributed by atoms with E-state index in [-0.39, 0.29) is 17.3 Å². The summed E-state index contributed by atoms with van der Waals surface area (Å²) in [5, 5.41) is 0. The number of piperidine rings is 1. The third-order valence-electron chi connectivity index (χ3n) is 9.39. The topological polar surface area (TPSA) is 55.8 Å². The number of nitrogens with zero attached hydrogens (tertiary/aromatic N) is 1. The monoisotopic (exact) mass is 383 g/mol. The van der Waals surface area contributed by atoms with Crippen molar-refractivity contribution in [3.05, 3.63) is 22.5 Å². The minimum Gasteiger partial charge on any atom is -0.497 e. The van der Waals surface area contributed by atoms with E-state index in [0.29, 0.717) is 43.1 Å². The van der Waals surface area contributed by atoms with Gasteiger partial charge >= 0.3 is 5.97 Å². The van der Waals surface area contributed by atoms with E-state index in [2.05, 4.69) is 18.7 Å². The zero-order valence-electron chi connectivity index (χ0n) is 17.0. The molecule has 0 N–H and O–H groups in total. The van der Waals surface area contributed by atoms with Crippen molar-refractivity contribution in [2.45, 2.75) is 52.0 Å². The fourth-order valence-electron chi connectivity index (χ4n) is 8.18. The van der Waals surface area contributed by atoms with Crippen LogP contribution >= 0.6 is 0 Å². The van der Waals surface area contributed by atoms with Crippen LogP contribution in [0, 0.1) is 28.6 Å². The van der Waals surface area contributed by atoms with Crippen molar-refractivity contribution in [2.24, 2.45) is 28.6 Å². The van der Waals surface area contributed by atoms with Crippen LogP contribution in [0.15, 0.2) is 22.5 Å². The molecule has 0 aromatic rings. The molecule has 3 aliphatic heterocycles. The molecule has 3 fully saturated rings. The summed E-state index contributed by atoms with van der Waals surface area (Å²) in [6, 6.07) is 0.434. The molecule has 0 aromatic heterocycles. The third kappa shape index (κ3) is 1.67. The van der Waals surface area contributed by atoms with Gasteiger partial charge in [-0.25, -0.2) is 4.79 Å². The molecule has 150 valence electrons. The molecular weight excluding hydrogens is 354 g/mol. The molecule has 6 atom stereocenters. The first kappa shape index (κ1) is 17.3. The van der Waals surface area contributed by atoms with E-state index in [4.69, 9.17) is 9.47 Å². The Morgan fingerprint density at radius 3 is 2.89 bits per heavy atom. The fourth-order valence-corrected chi connectivity index (χ4v) is 8.18. The molecular formula is C23H29NO4. The van der Waals surface area contributed by atoms with Gasteiger partial charge < -0.3 is 9.47 Å². The molecule has 6 aliphatic rings. The molecule has 2 bridgehead atoms. The molecule has 6 rings (SSSR count). The lowest BCUT2D eigenvalue weighted by atomic mass is 9.45. The number of ketones is 1. The minimum atomic E-state index is -0.597. The highest BCUT2D eigenvalue weighted by atomic mass is 16.5. The van der Waals surface area contributed by atoms with Gasteiger partial charge in [-0.05, 0) is 36.7 Å². The fraction of sp³-hybridized carbons (Fsp3) is 0.739. The van der Waals surface area contributed by atoms with Crippen molar-refractivity contribution < 1.29 is 19.1 Å². The normalized spacial score (nSPS) is 46.3. The van der Waals surface area contributed by atoms with Gasteiger partial charge in [-0.3, -0.25) is 9.69 Å². The minimum absolute atomic E-state index is 0.0973. The van der Waals surface area contributed by atoms with Crippen molar-refractivity contribution in [1.29, 1.82) is 0 Å². The first-order valence-corrected chi connectivity index (χ1v) is 10.9. The predicted molar refractivity (Wildman–Crippen MR) is 102 cm³/mol. The molecule has 1 saturated carbocycles. The Balaban J connectivity index is 1.65. The number of esters is 1. The quantitative estimate of drug-likeness (QED) is 0.652. The van der Waals surface area contributed by atoms with Crippen LogP contribution in [0.1, 0.15) is 46.0 Å². The van der Waals surface area contributed by atoms with Crippen molar-refractivity contribution in [3.63, 3.8) is 0 Å². The van der Waals surface area contributed by atoms with E-state index in [1.165, 1.54) is 7.11 Å². The predicted octanol–water partition coefficient (Wildman–Crippen LogP) is 2.86. The summed E-state index contributed by atoms with van der Waals surface area (Å²) in [4.78, 5) is 29.7. The van der Waals surface area contributed by atoms with Gasteiger partial charge in [0.05, 0.1) is 19.1 Å². The number of carbonyl (C=O) groups excluding carboxylic acids is 2. The SMILES string of the molecule is COC(=O)C1=C2CCOC3=C2[C@]2(C1)C(=O)[C@@H]1C[C@H]4N(C[C@@H](CC3)[C@]42C)C[C@H]1C. The van der Waals surface area contributed by atoms with Crippen LogP contribution in [0.4, 0.5) is 0 Å². The van der Waals surface area contributed by atoms with Crippen molar-refractivity contribution in [2.75, 3.05) is 26.8 Å². The van der Waals surface area contributed by atoms with E-state index in [0.717, 1.165) is 54.8 Å². The Labute approximate surface area is 166 Å². The van der Waals surface area contributed by atoms with Crippen LogP contribution in [0.3, 0.4) is 0 Å². The molecule has 2 saturated heterocycles. The first-order valence-electron chi connectivity index (χ1n) is 10.9. The lowest BCUT2D eigenvalue weighted by molar-refractivity contribution is -0.157. The van der Waals surface area contributed by atoms with Crippen molar-refractivity contribution in [3.8, 4) is 0 Å². The maximum Gasteiger partial charge on any atom is 0.334 e. The van der Waals surface area contributed by atoms with Crippen LogP contribution < -0.4 is 0 Å². The summed E-state index contributed by atoms with van der Waals surface area (Å²) in [5.74, 6) is 2.09. The zero-order chi connectivity index (χ0) is 19.4. The van der Waals surface area contributed by atoms with E-state index >= 15 is 0 Å². The lowest BCUT2D eigenvalue weighted by Crippen LogP contribution is -2.65. The molecule has 5 nitrogen and oxygen atoms in total. The van der Waals surface area contributed by atoms with Crippen LogP contribution in [0.2, 0.25) is 0 Å². The van der Waals surface area contributed by atoms with Gasteiger partial charge in [0, 0.05) is 54.5 Å². The van der Waals surface area contributed by atoms with Crippen molar-refractivity contribution in [1.82, 2.24) is 4.90 Å². The summed E-state index contributed by atoms with van der Waals surface area (Å²) < 4.78 is 11.4. The highest BCUT2D eigenvalue weighted by Gasteiger charge is 2.74. The second-order valence-electron chi connectivity index (χ2n) is 10.1. The summed E-state index contributed by atoms with van der Waals surface area (Å²) in [5.41, 5.74) is 2.22. The highest BCUT2D eigenvalue weighted by Crippen LogP contribution is 2.72. The van der Waals surface area contributed by atoms with E-state index < -0.39 is 5.41 Å². The van der Waals surface area contributed by atoms with E-state index in [1.807, 2.05) is 0 Å². The lowest BCUT2D eigenvalue weighted by Gasteiger charge is -2.59. The highest BCUT2D eigenvalue weighted by molar-refractivity contribution is 6.01.